The van der Waals surface area contributed by atoms with E-state index in [-0.39, 0.29) is 5.25 Å². The molecule has 2 rings (SSSR count). The minimum Gasteiger partial charge on any atom is -0.329 e. The number of aryl methyl sites for hydroxylation is 1. The lowest BCUT2D eigenvalue weighted by atomic mass is 10.3. The van der Waals surface area contributed by atoms with Crippen molar-refractivity contribution in [3.8, 4) is 0 Å². The fourth-order valence-electron chi connectivity index (χ4n) is 1.34. The van der Waals surface area contributed by atoms with Crippen molar-refractivity contribution in [1.29, 1.82) is 0 Å². The van der Waals surface area contributed by atoms with E-state index in [0.717, 1.165) is 14.8 Å². The number of hydrogen-bond donors (Lipinski definition) is 1. The van der Waals surface area contributed by atoms with Crippen LogP contribution in [0, 0.1) is 6.92 Å². The van der Waals surface area contributed by atoms with Crippen LogP contribution in [0.15, 0.2) is 21.1 Å². The summed E-state index contributed by atoms with van der Waals surface area (Å²) in [5.74, 6) is 0.913. The normalized spacial score (nSPS) is 12.9. The summed E-state index contributed by atoms with van der Waals surface area (Å²) in [5, 5.41) is 9.33. The Morgan fingerprint density at radius 1 is 1.53 bits per heavy atom. The van der Waals surface area contributed by atoms with Gasteiger partial charge >= 0.3 is 0 Å². The third-order valence-electron chi connectivity index (χ3n) is 2.43. The molecule has 92 valence electrons. The summed E-state index contributed by atoms with van der Waals surface area (Å²) < 4.78 is 3.11. The van der Waals surface area contributed by atoms with Crippen molar-refractivity contribution in [1.82, 2.24) is 14.8 Å². The first kappa shape index (κ1) is 13.1. The van der Waals surface area contributed by atoms with Crippen molar-refractivity contribution >= 4 is 39.0 Å². The van der Waals surface area contributed by atoms with Crippen molar-refractivity contribution in [2.45, 2.75) is 17.3 Å². The summed E-state index contributed by atoms with van der Waals surface area (Å²) in [6.07, 6.45) is 0. The number of aromatic nitrogens is 3. The van der Waals surface area contributed by atoms with Gasteiger partial charge < -0.3 is 10.3 Å². The second kappa shape index (κ2) is 5.51. The van der Waals surface area contributed by atoms with Gasteiger partial charge in [-0.1, -0.05) is 11.8 Å². The third kappa shape index (κ3) is 2.90. The lowest BCUT2D eigenvalue weighted by molar-refractivity contribution is 0.761. The van der Waals surface area contributed by atoms with Gasteiger partial charge in [-0.2, -0.15) is 0 Å². The smallest absolute Gasteiger partial charge is 0.191 e. The summed E-state index contributed by atoms with van der Waals surface area (Å²) in [7, 11) is 1.97. The van der Waals surface area contributed by atoms with Crippen LogP contribution in [-0.2, 0) is 7.05 Å². The van der Waals surface area contributed by atoms with E-state index in [1.54, 1.807) is 23.1 Å². The lowest BCUT2D eigenvalue weighted by Gasteiger charge is -2.11. The van der Waals surface area contributed by atoms with Gasteiger partial charge in [0.2, 0.25) is 0 Å². The molecule has 0 fully saturated rings. The maximum atomic E-state index is 5.83. The zero-order valence-corrected chi connectivity index (χ0v) is 12.8. The number of hydrogen-bond acceptors (Lipinski definition) is 5. The molecule has 1 unspecified atom stereocenters. The molecule has 0 aliphatic carbocycles. The van der Waals surface area contributed by atoms with E-state index < -0.39 is 0 Å². The van der Waals surface area contributed by atoms with E-state index in [1.165, 1.54) is 4.88 Å². The number of nitrogens with two attached hydrogens (primary N) is 1. The van der Waals surface area contributed by atoms with Crippen LogP contribution in [0.4, 0.5) is 0 Å². The molecule has 0 saturated carbocycles. The molecule has 0 radical (unpaired) electrons. The number of thioether (sulfide) groups is 1. The molecule has 0 amide bonds. The monoisotopic (exact) mass is 332 g/mol. The Labute approximate surface area is 117 Å². The highest BCUT2D eigenvalue weighted by atomic mass is 79.9. The van der Waals surface area contributed by atoms with E-state index in [0.29, 0.717) is 6.54 Å². The Morgan fingerprint density at radius 3 is 2.76 bits per heavy atom. The predicted molar refractivity (Wildman–Crippen MR) is 75.4 cm³/mol. The minimum atomic E-state index is 0.230. The number of nitrogens with zero attached hydrogens (tertiary/aromatic N) is 3. The van der Waals surface area contributed by atoms with Crippen molar-refractivity contribution in [2.75, 3.05) is 6.54 Å². The highest BCUT2D eigenvalue weighted by Crippen LogP contribution is 2.38. The van der Waals surface area contributed by atoms with Gasteiger partial charge in [0.25, 0.3) is 0 Å². The number of thiophene rings is 1. The van der Waals surface area contributed by atoms with Gasteiger partial charge in [-0.25, -0.2) is 0 Å². The highest BCUT2D eigenvalue weighted by Gasteiger charge is 2.17. The van der Waals surface area contributed by atoms with Crippen LogP contribution < -0.4 is 5.73 Å². The standard InChI is InChI=1S/C10H13BrN4S2/c1-6-13-14-10(15(6)2)17-8(5-12)7-3-4-9(11)16-7/h3-4,8H,5,12H2,1-2H3. The third-order valence-corrected chi connectivity index (χ3v) is 5.61. The van der Waals surface area contributed by atoms with Gasteiger partial charge in [-0.3, -0.25) is 0 Å². The SMILES string of the molecule is Cc1nnc(SC(CN)c2ccc(Br)s2)n1C. The molecule has 4 nitrogen and oxygen atoms in total. The highest BCUT2D eigenvalue weighted by molar-refractivity contribution is 9.11. The Hall–Kier alpha value is -0.370. The summed E-state index contributed by atoms with van der Waals surface area (Å²) in [5.41, 5.74) is 5.83. The number of rotatable bonds is 4. The summed E-state index contributed by atoms with van der Waals surface area (Å²) in [4.78, 5) is 1.25. The van der Waals surface area contributed by atoms with Gasteiger partial charge in [0.15, 0.2) is 5.16 Å². The fourth-order valence-corrected chi connectivity index (χ4v) is 3.97. The Morgan fingerprint density at radius 2 is 2.29 bits per heavy atom. The predicted octanol–water partition coefficient (Wildman–Crippen LogP) is 2.74. The largest absolute Gasteiger partial charge is 0.329 e. The lowest BCUT2D eigenvalue weighted by Crippen LogP contribution is -2.09. The van der Waals surface area contributed by atoms with Gasteiger partial charge in [0, 0.05) is 18.5 Å². The molecule has 2 N–H and O–H groups in total. The minimum absolute atomic E-state index is 0.230. The molecular formula is C10H13BrN4S2. The van der Waals surface area contributed by atoms with Crippen molar-refractivity contribution in [3.63, 3.8) is 0 Å². The second-order valence-corrected chi connectivity index (χ2v) is 7.24. The van der Waals surface area contributed by atoms with Crippen LogP contribution in [-0.4, -0.2) is 21.3 Å². The second-order valence-electron chi connectivity index (χ2n) is 3.57. The van der Waals surface area contributed by atoms with Crippen LogP contribution in [0.25, 0.3) is 0 Å². The molecular weight excluding hydrogens is 320 g/mol. The van der Waals surface area contributed by atoms with Crippen molar-refractivity contribution in [2.24, 2.45) is 12.8 Å². The number of halogens is 1. The molecule has 2 heterocycles. The van der Waals surface area contributed by atoms with Crippen molar-refractivity contribution < 1.29 is 0 Å². The molecule has 2 aromatic heterocycles. The Balaban J connectivity index is 2.18. The van der Waals surface area contributed by atoms with E-state index in [9.17, 15) is 0 Å². The van der Waals surface area contributed by atoms with Crippen LogP contribution in [0.1, 0.15) is 16.0 Å². The molecule has 17 heavy (non-hydrogen) atoms. The Bertz CT molecular complexity index is 508. The van der Waals surface area contributed by atoms with Gasteiger partial charge in [0.1, 0.15) is 5.82 Å². The van der Waals surface area contributed by atoms with Crippen LogP contribution >= 0.6 is 39.0 Å². The van der Waals surface area contributed by atoms with E-state index in [1.807, 2.05) is 24.6 Å². The van der Waals surface area contributed by atoms with Gasteiger partial charge in [-0.05, 0) is 35.0 Å². The first-order chi connectivity index (χ1) is 8.11. The van der Waals surface area contributed by atoms with Crippen LogP contribution in [0.2, 0.25) is 0 Å². The zero-order chi connectivity index (χ0) is 12.4. The summed E-state index contributed by atoms with van der Waals surface area (Å²) in [6, 6.07) is 4.15. The molecule has 0 spiro atoms. The maximum absolute atomic E-state index is 5.83. The molecule has 0 aromatic carbocycles. The van der Waals surface area contributed by atoms with E-state index >= 15 is 0 Å². The van der Waals surface area contributed by atoms with E-state index in [4.69, 9.17) is 5.73 Å². The van der Waals surface area contributed by atoms with Crippen LogP contribution in [0.5, 0.6) is 0 Å². The molecule has 7 heteroatoms. The molecule has 0 saturated heterocycles. The maximum Gasteiger partial charge on any atom is 0.191 e. The molecule has 0 aliphatic rings. The first-order valence-electron chi connectivity index (χ1n) is 5.09. The summed E-state index contributed by atoms with van der Waals surface area (Å²) >= 11 is 6.84. The topological polar surface area (TPSA) is 56.7 Å². The fraction of sp³-hybridized carbons (Fsp3) is 0.400. The van der Waals surface area contributed by atoms with Gasteiger partial charge in [-0.15, -0.1) is 21.5 Å². The van der Waals surface area contributed by atoms with Crippen LogP contribution in [0.3, 0.4) is 0 Å². The molecule has 1 atom stereocenters. The van der Waals surface area contributed by atoms with E-state index in [2.05, 4.69) is 32.2 Å². The van der Waals surface area contributed by atoms with Crippen molar-refractivity contribution in [3.05, 3.63) is 26.6 Å². The van der Waals surface area contributed by atoms with Gasteiger partial charge in [0.05, 0.1) is 9.04 Å². The Kier molecular flexibility index (Phi) is 4.24. The average Bonchev–Trinajstić information content (AvgIpc) is 2.86. The summed E-state index contributed by atoms with van der Waals surface area (Å²) in [6.45, 7) is 2.53. The molecule has 0 bridgehead atoms. The molecule has 0 aliphatic heterocycles. The average molecular weight is 333 g/mol. The first-order valence-corrected chi connectivity index (χ1v) is 7.58. The zero-order valence-electron chi connectivity index (χ0n) is 9.55. The molecule has 2 aromatic rings. The quantitative estimate of drug-likeness (QED) is 0.874.